The summed E-state index contributed by atoms with van der Waals surface area (Å²) in [5.41, 5.74) is 1.92. The van der Waals surface area contributed by atoms with Crippen molar-refractivity contribution in [1.82, 2.24) is 9.38 Å². The number of imidazole rings is 1. The van der Waals surface area contributed by atoms with Crippen LogP contribution in [0.3, 0.4) is 0 Å². The van der Waals surface area contributed by atoms with E-state index in [2.05, 4.69) is 4.98 Å². The van der Waals surface area contributed by atoms with Crippen molar-refractivity contribution in [1.29, 1.82) is 0 Å². The van der Waals surface area contributed by atoms with E-state index in [1.54, 1.807) is 0 Å². The summed E-state index contributed by atoms with van der Waals surface area (Å²) in [6.07, 6.45) is 1.34. The predicted octanol–water partition coefficient (Wildman–Crippen LogP) is 2.70. The number of aryl methyl sites for hydroxylation is 2. The zero-order valence-electron chi connectivity index (χ0n) is 9.48. The second-order valence-corrected chi connectivity index (χ2v) is 4.31. The van der Waals surface area contributed by atoms with Gasteiger partial charge in [0.2, 0.25) is 0 Å². The molecule has 0 aliphatic rings. The fourth-order valence-electron chi connectivity index (χ4n) is 1.91. The lowest BCUT2D eigenvalue weighted by Crippen LogP contribution is -2.01. The van der Waals surface area contributed by atoms with Crippen LogP contribution in [0, 0.1) is 6.92 Å². The third-order valence-electron chi connectivity index (χ3n) is 2.67. The van der Waals surface area contributed by atoms with Crippen LogP contribution < -0.4 is 0 Å². The van der Waals surface area contributed by atoms with E-state index >= 15 is 0 Å². The molecule has 90 valence electrons. The lowest BCUT2D eigenvalue weighted by atomic mass is 10.2. The molecule has 0 aliphatic carbocycles. The Morgan fingerprint density at radius 2 is 2.29 bits per heavy atom. The molecule has 4 nitrogen and oxygen atoms in total. The number of aliphatic carboxylic acids is 1. The highest BCUT2D eigenvalue weighted by Crippen LogP contribution is 2.21. The smallest absolute Gasteiger partial charge is 0.303 e. The van der Waals surface area contributed by atoms with Crippen LogP contribution in [0.2, 0.25) is 5.15 Å². The summed E-state index contributed by atoms with van der Waals surface area (Å²) in [5.74, 6) is 0.0398. The molecule has 2 rings (SSSR count). The minimum absolute atomic E-state index is 0.151. The minimum atomic E-state index is -0.784. The summed E-state index contributed by atoms with van der Waals surface area (Å²) < 4.78 is 1.98. The van der Waals surface area contributed by atoms with Gasteiger partial charge in [-0.1, -0.05) is 17.7 Å². The highest BCUT2D eigenvalue weighted by atomic mass is 35.5. The average molecular weight is 253 g/mol. The zero-order chi connectivity index (χ0) is 12.4. The van der Waals surface area contributed by atoms with E-state index in [9.17, 15) is 4.79 Å². The molecule has 0 fully saturated rings. The van der Waals surface area contributed by atoms with Crippen molar-refractivity contribution in [2.75, 3.05) is 0 Å². The van der Waals surface area contributed by atoms with Gasteiger partial charge in [-0.3, -0.25) is 9.20 Å². The lowest BCUT2D eigenvalue weighted by molar-refractivity contribution is -0.137. The number of fused-ring (bicyclic) bond motifs is 1. The van der Waals surface area contributed by atoms with Crippen molar-refractivity contribution in [3.8, 4) is 0 Å². The molecule has 0 spiro atoms. The Bertz CT molecular complexity index is 563. The summed E-state index contributed by atoms with van der Waals surface area (Å²) in [6.45, 7) is 1.98. The van der Waals surface area contributed by atoms with Crippen molar-refractivity contribution in [2.24, 2.45) is 0 Å². The van der Waals surface area contributed by atoms with E-state index in [4.69, 9.17) is 16.7 Å². The van der Waals surface area contributed by atoms with Crippen molar-refractivity contribution in [2.45, 2.75) is 26.2 Å². The number of carboxylic acids is 1. The number of hydrogen-bond donors (Lipinski definition) is 1. The maximum atomic E-state index is 10.5. The van der Waals surface area contributed by atoms with Gasteiger partial charge < -0.3 is 5.11 Å². The Morgan fingerprint density at radius 3 is 3.00 bits per heavy atom. The standard InChI is InChI=1S/C12H13ClN2O2/c1-8-4-2-5-9-12(13)14-10(15(8)9)6-3-7-11(16)17/h2,4-5H,3,6-7H2,1H3,(H,16,17). The molecule has 0 saturated carbocycles. The van der Waals surface area contributed by atoms with Gasteiger partial charge in [0, 0.05) is 18.5 Å². The molecule has 0 unspecified atom stereocenters. The molecule has 0 radical (unpaired) electrons. The topological polar surface area (TPSA) is 54.6 Å². The fourth-order valence-corrected chi connectivity index (χ4v) is 2.15. The van der Waals surface area contributed by atoms with E-state index < -0.39 is 5.97 Å². The first-order valence-electron chi connectivity index (χ1n) is 5.44. The van der Waals surface area contributed by atoms with Crippen molar-refractivity contribution in [3.63, 3.8) is 0 Å². The van der Waals surface area contributed by atoms with Gasteiger partial charge in [0.15, 0.2) is 5.15 Å². The quantitative estimate of drug-likeness (QED) is 0.910. The molecule has 1 N–H and O–H groups in total. The number of halogens is 1. The zero-order valence-corrected chi connectivity index (χ0v) is 10.2. The predicted molar refractivity (Wildman–Crippen MR) is 65.5 cm³/mol. The number of hydrogen-bond acceptors (Lipinski definition) is 2. The Labute approximate surface area is 104 Å². The van der Waals surface area contributed by atoms with Gasteiger partial charge in [-0.2, -0.15) is 0 Å². The molecular formula is C12H13ClN2O2. The highest BCUT2D eigenvalue weighted by Gasteiger charge is 2.10. The minimum Gasteiger partial charge on any atom is -0.481 e. The Hall–Kier alpha value is -1.55. The van der Waals surface area contributed by atoms with Crippen LogP contribution in [0.25, 0.3) is 5.52 Å². The van der Waals surface area contributed by atoms with Gasteiger partial charge in [0.05, 0.1) is 5.52 Å². The molecule has 0 aliphatic heterocycles. The lowest BCUT2D eigenvalue weighted by Gasteiger charge is -2.03. The van der Waals surface area contributed by atoms with E-state index in [0.29, 0.717) is 18.0 Å². The van der Waals surface area contributed by atoms with Crippen LogP contribution >= 0.6 is 11.6 Å². The third kappa shape index (κ3) is 2.42. The number of rotatable bonds is 4. The molecule has 0 aromatic carbocycles. The largest absolute Gasteiger partial charge is 0.481 e. The van der Waals surface area contributed by atoms with Crippen LogP contribution in [0.4, 0.5) is 0 Å². The molecule has 17 heavy (non-hydrogen) atoms. The summed E-state index contributed by atoms with van der Waals surface area (Å²) in [7, 11) is 0. The van der Waals surface area contributed by atoms with Gasteiger partial charge >= 0.3 is 5.97 Å². The normalized spacial score (nSPS) is 10.9. The van der Waals surface area contributed by atoms with E-state index in [0.717, 1.165) is 17.0 Å². The summed E-state index contributed by atoms with van der Waals surface area (Å²) in [4.78, 5) is 14.8. The summed E-state index contributed by atoms with van der Waals surface area (Å²) in [6, 6.07) is 5.81. The van der Waals surface area contributed by atoms with Crippen molar-refractivity contribution < 1.29 is 9.90 Å². The van der Waals surface area contributed by atoms with Crippen LogP contribution in [0.1, 0.15) is 24.4 Å². The first-order valence-corrected chi connectivity index (χ1v) is 5.81. The molecule has 2 heterocycles. The number of nitrogens with zero attached hydrogens (tertiary/aromatic N) is 2. The van der Waals surface area contributed by atoms with E-state index in [1.807, 2.05) is 29.5 Å². The van der Waals surface area contributed by atoms with Crippen LogP contribution in [0.15, 0.2) is 18.2 Å². The maximum absolute atomic E-state index is 10.5. The van der Waals surface area contributed by atoms with Crippen molar-refractivity contribution >= 4 is 23.1 Å². The van der Waals surface area contributed by atoms with Gasteiger partial charge in [-0.05, 0) is 25.5 Å². The number of carboxylic acid groups (broad SMARTS) is 1. The summed E-state index contributed by atoms with van der Waals surface area (Å²) in [5, 5.41) is 9.08. The Kier molecular flexibility index (Phi) is 3.33. The Morgan fingerprint density at radius 1 is 1.53 bits per heavy atom. The van der Waals surface area contributed by atoms with Crippen LogP contribution in [-0.4, -0.2) is 20.5 Å². The van der Waals surface area contributed by atoms with Gasteiger partial charge in [-0.25, -0.2) is 4.98 Å². The fraction of sp³-hybridized carbons (Fsp3) is 0.333. The first kappa shape index (κ1) is 11.9. The first-order chi connectivity index (χ1) is 8.09. The molecule has 2 aromatic rings. The number of aromatic nitrogens is 2. The molecule has 5 heteroatoms. The molecule has 2 aromatic heterocycles. The highest BCUT2D eigenvalue weighted by molar-refractivity contribution is 6.32. The van der Waals surface area contributed by atoms with Gasteiger partial charge in [-0.15, -0.1) is 0 Å². The molecule has 0 atom stereocenters. The van der Waals surface area contributed by atoms with E-state index in [-0.39, 0.29) is 6.42 Å². The Balaban J connectivity index is 2.31. The maximum Gasteiger partial charge on any atom is 0.303 e. The van der Waals surface area contributed by atoms with Gasteiger partial charge in [0.25, 0.3) is 0 Å². The molecule has 0 saturated heterocycles. The van der Waals surface area contributed by atoms with Crippen LogP contribution in [0.5, 0.6) is 0 Å². The monoisotopic (exact) mass is 252 g/mol. The molecular weight excluding hydrogens is 240 g/mol. The third-order valence-corrected chi connectivity index (χ3v) is 2.95. The average Bonchev–Trinajstić information content (AvgIpc) is 2.57. The van der Waals surface area contributed by atoms with Gasteiger partial charge in [0.1, 0.15) is 5.82 Å². The molecule has 0 bridgehead atoms. The van der Waals surface area contributed by atoms with Crippen molar-refractivity contribution in [3.05, 3.63) is 34.9 Å². The second-order valence-electron chi connectivity index (χ2n) is 3.95. The SMILES string of the molecule is Cc1cccc2c(Cl)nc(CCCC(=O)O)n12. The number of pyridine rings is 1. The van der Waals surface area contributed by atoms with Crippen LogP contribution in [-0.2, 0) is 11.2 Å². The number of carbonyl (C=O) groups is 1. The second kappa shape index (κ2) is 4.75. The summed E-state index contributed by atoms with van der Waals surface area (Å²) >= 11 is 6.04. The molecule has 0 amide bonds. The van der Waals surface area contributed by atoms with E-state index in [1.165, 1.54) is 0 Å².